The molecule has 0 spiro atoms. The molecule has 0 bridgehead atoms. The molecule has 0 saturated carbocycles. The lowest BCUT2D eigenvalue weighted by Crippen LogP contribution is -1.93. The van der Waals surface area contributed by atoms with Crippen LogP contribution in [-0.2, 0) is 0 Å². The van der Waals surface area contributed by atoms with Crippen molar-refractivity contribution in [3.05, 3.63) is 42.3 Å². The average Bonchev–Trinajstić information content (AvgIpc) is 1.86. The first kappa shape index (κ1) is 4.80. The monoisotopic (exact) mass is 115 g/mol. The smallest absolute Gasteiger partial charge is 0.0151 e. The Morgan fingerprint density at radius 1 is 1.11 bits per heavy atom. The Bertz CT molecular complexity index is 269. The van der Waals surface area contributed by atoms with Gasteiger partial charge in [0.25, 0.3) is 0 Å². The molecule has 0 atom stereocenters. The molecule has 1 aromatic rings. The minimum absolute atomic E-state index is 1.16. The van der Waals surface area contributed by atoms with Gasteiger partial charge in [0, 0.05) is 0 Å². The molecule has 0 unspecified atom stereocenters. The van der Waals surface area contributed by atoms with Crippen LogP contribution in [0.4, 0.5) is 0 Å². The SMILES string of the molecule is [CH2]C1=Cc2ccccc21. The van der Waals surface area contributed by atoms with E-state index in [1.54, 1.807) is 0 Å². The van der Waals surface area contributed by atoms with E-state index in [0.717, 1.165) is 5.57 Å². The zero-order valence-electron chi connectivity index (χ0n) is 5.09. The van der Waals surface area contributed by atoms with Crippen LogP contribution in [0.2, 0.25) is 0 Å². The quantitative estimate of drug-likeness (QED) is 0.487. The number of allylic oxidation sites excluding steroid dienone is 1. The number of hydrogen-bond acceptors (Lipinski definition) is 0. The van der Waals surface area contributed by atoms with Gasteiger partial charge in [0.1, 0.15) is 0 Å². The highest BCUT2D eigenvalue weighted by Crippen LogP contribution is 2.30. The van der Waals surface area contributed by atoms with E-state index in [2.05, 4.69) is 25.1 Å². The Balaban J connectivity index is 2.61. The van der Waals surface area contributed by atoms with Crippen LogP contribution in [0.15, 0.2) is 24.3 Å². The number of fused-ring (bicyclic) bond motifs is 1. The van der Waals surface area contributed by atoms with E-state index in [-0.39, 0.29) is 0 Å². The molecule has 0 nitrogen and oxygen atoms in total. The second-order valence-electron chi connectivity index (χ2n) is 2.26. The van der Waals surface area contributed by atoms with Gasteiger partial charge in [-0.05, 0) is 23.6 Å². The summed E-state index contributed by atoms with van der Waals surface area (Å²) in [6.07, 6.45) is 2.09. The third-order valence-electron chi connectivity index (χ3n) is 1.64. The third kappa shape index (κ3) is 0.531. The molecule has 0 saturated heterocycles. The van der Waals surface area contributed by atoms with Crippen molar-refractivity contribution in [2.24, 2.45) is 0 Å². The molecule has 0 heteroatoms. The molecule has 1 aliphatic carbocycles. The Kier molecular flexibility index (Phi) is 0.786. The zero-order chi connectivity index (χ0) is 6.27. The predicted molar refractivity (Wildman–Crippen MR) is 39.7 cm³/mol. The van der Waals surface area contributed by atoms with Crippen LogP contribution in [-0.4, -0.2) is 0 Å². The van der Waals surface area contributed by atoms with Gasteiger partial charge in [-0.2, -0.15) is 0 Å². The van der Waals surface area contributed by atoms with Crippen molar-refractivity contribution in [3.63, 3.8) is 0 Å². The highest BCUT2D eigenvalue weighted by Gasteiger charge is 2.08. The summed E-state index contributed by atoms with van der Waals surface area (Å²) in [5, 5.41) is 0. The van der Waals surface area contributed by atoms with Gasteiger partial charge in [0.2, 0.25) is 0 Å². The van der Waals surface area contributed by atoms with Gasteiger partial charge in [0.05, 0.1) is 0 Å². The Morgan fingerprint density at radius 3 is 2.44 bits per heavy atom. The van der Waals surface area contributed by atoms with E-state index in [4.69, 9.17) is 0 Å². The molecule has 0 aliphatic heterocycles. The van der Waals surface area contributed by atoms with Gasteiger partial charge < -0.3 is 0 Å². The fraction of sp³-hybridized carbons (Fsp3) is 0. The molecule has 1 aliphatic rings. The summed E-state index contributed by atoms with van der Waals surface area (Å²) in [6.45, 7) is 3.85. The van der Waals surface area contributed by atoms with Crippen molar-refractivity contribution >= 4 is 11.6 Å². The van der Waals surface area contributed by atoms with E-state index in [9.17, 15) is 0 Å². The molecule has 0 heterocycles. The first-order valence-electron chi connectivity index (χ1n) is 3.01. The second-order valence-corrected chi connectivity index (χ2v) is 2.26. The van der Waals surface area contributed by atoms with Crippen LogP contribution in [0.3, 0.4) is 0 Å². The van der Waals surface area contributed by atoms with Crippen LogP contribution in [0, 0.1) is 6.92 Å². The summed E-state index contributed by atoms with van der Waals surface area (Å²) in [7, 11) is 0. The van der Waals surface area contributed by atoms with Crippen LogP contribution in [0.1, 0.15) is 11.1 Å². The van der Waals surface area contributed by atoms with Gasteiger partial charge in [-0.15, -0.1) is 0 Å². The first-order valence-corrected chi connectivity index (χ1v) is 3.01. The molecule has 43 valence electrons. The van der Waals surface area contributed by atoms with Crippen LogP contribution < -0.4 is 0 Å². The Morgan fingerprint density at radius 2 is 1.89 bits per heavy atom. The number of hydrogen-bond donors (Lipinski definition) is 0. The summed E-state index contributed by atoms with van der Waals surface area (Å²) < 4.78 is 0. The molecule has 1 radical (unpaired) electrons. The van der Waals surface area contributed by atoms with Crippen LogP contribution in [0.25, 0.3) is 11.6 Å². The van der Waals surface area contributed by atoms with Crippen LogP contribution in [0.5, 0.6) is 0 Å². The van der Waals surface area contributed by atoms with Crippen molar-refractivity contribution in [1.82, 2.24) is 0 Å². The van der Waals surface area contributed by atoms with E-state index in [1.165, 1.54) is 11.1 Å². The van der Waals surface area contributed by atoms with E-state index < -0.39 is 0 Å². The Hall–Kier alpha value is -1.04. The lowest BCUT2D eigenvalue weighted by atomic mass is 9.90. The molecular formula is C9H7. The molecule has 9 heavy (non-hydrogen) atoms. The van der Waals surface area contributed by atoms with Crippen molar-refractivity contribution < 1.29 is 0 Å². The van der Waals surface area contributed by atoms with Gasteiger partial charge >= 0.3 is 0 Å². The molecule has 0 N–H and O–H groups in total. The first-order chi connectivity index (χ1) is 4.38. The summed E-state index contributed by atoms with van der Waals surface area (Å²) in [6, 6.07) is 8.28. The summed E-state index contributed by atoms with van der Waals surface area (Å²) in [4.78, 5) is 0. The topological polar surface area (TPSA) is 0 Å². The van der Waals surface area contributed by atoms with E-state index in [0.29, 0.717) is 0 Å². The molecule has 0 amide bonds. The molecule has 0 aromatic heterocycles. The zero-order valence-corrected chi connectivity index (χ0v) is 5.09. The Labute approximate surface area is 54.8 Å². The van der Waals surface area contributed by atoms with Gasteiger partial charge in [0.15, 0.2) is 0 Å². The van der Waals surface area contributed by atoms with E-state index >= 15 is 0 Å². The minimum Gasteiger partial charge on any atom is -0.0616 e. The van der Waals surface area contributed by atoms with Gasteiger partial charge in [-0.1, -0.05) is 30.3 Å². The largest absolute Gasteiger partial charge is 0.0616 e. The van der Waals surface area contributed by atoms with Crippen molar-refractivity contribution in [2.45, 2.75) is 0 Å². The minimum atomic E-state index is 1.16. The molecule has 1 aromatic carbocycles. The predicted octanol–water partition coefficient (Wildman–Crippen LogP) is 2.37. The summed E-state index contributed by atoms with van der Waals surface area (Å²) >= 11 is 0. The normalized spacial score (nSPS) is 13.7. The molecule has 0 fully saturated rings. The number of rotatable bonds is 0. The second kappa shape index (κ2) is 1.47. The lowest BCUT2D eigenvalue weighted by molar-refractivity contribution is 1.54. The highest BCUT2D eigenvalue weighted by molar-refractivity contribution is 5.96. The van der Waals surface area contributed by atoms with Crippen LogP contribution >= 0.6 is 0 Å². The number of benzene rings is 1. The summed E-state index contributed by atoms with van der Waals surface area (Å²) in [5.74, 6) is 0. The van der Waals surface area contributed by atoms with Gasteiger partial charge in [-0.25, -0.2) is 0 Å². The maximum Gasteiger partial charge on any atom is -0.0151 e. The average molecular weight is 115 g/mol. The maximum atomic E-state index is 3.85. The summed E-state index contributed by atoms with van der Waals surface area (Å²) in [5.41, 5.74) is 3.78. The maximum absolute atomic E-state index is 3.85. The highest BCUT2D eigenvalue weighted by atomic mass is 14.1. The lowest BCUT2D eigenvalue weighted by Gasteiger charge is -2.14. The fourth-order valence-corrected chi connectivity index (χ4v) is 1.10. The standard InChI is InChI=1S/C9H7/c1-7-6-8-4-2-3-5-9(7)8/h2-6H,1H2. The van der Waals surface area contributed by atoms with Crippen molar-refractivity contribution in [3.8, 4) is 0 Å². The van der Waals surface area contributed by atoms with Crippen molar-refractivity contribution in [1.29, 1.82) is 0 Å². The third-order valence-corrected chi connectivity index (χ3v) is 1.64. The van der Waals surface area contributed by atoms with E-state index in [1.807, 2.05) is 12.1 Å². The van der Waals surface area contributed by atoms with Crippen molar-refractivity contribution in [2.75, 3.05) is 0 Å². The molecule has 2 rings (SSSR count). The van der Waals surface area contributed by atoms with Gasteiger partial charge in [-0.3, -0.25) is 0 Å². The molecular weight excluding hydrogens is 108 g/mol. The fourth-order valence-electron chi connectivity index (χ4n) is 1.10.